The number of nitrogens with one attached hydrogen (secondary N) is 1. The minimum atomic E-state index is -0.179. The molecule has 0 radical (unpaired) electrons. The van der Waals surface area contributed by atoms with E-state index >= 15 is 0 Å². The zero-order valence-corrected chi connectivity index (χ0v) is 15.6. The average molecular weight is 345 g/mol. The molecule has 1 aromatic carbocycles. The van der Waals surface area contributed by atoms with E-state index in [2.05, 4.69) is 31.3 Å². The fourth-order valence-corrected chi connectivity index (χ4v) is 3.44. The summed E-state index contributed by atoms with van der Waals surface area (Å²) in [7, 11) is 0. The minimum Gasteiger partial charge on any atom is -0.461 e. The number of aryl methyl sites for hydroxylation is 1. The van der Waals surface area contributed by atoms with E-state index in [0.717, 1.165) is 44.1 Å². The van der Waals surface area contributed by atoms with Gasteiger partial charge in [-0.1, -0.05) is 51.0 Å². The zero-order chi connectivity index (χ0) is 18.1. The third-order valence-corrected chi connectivity index (χ3v) is 4.82. The van der Waals surface area contributed by atoms with Gasteiger partial charge < -0.3 is 10.1 Å². The first kappa shape index (κ1) is 19.5. The van der Waals surface area contributed by atoms with Crippen molar-refractivity contribution in [3.63, 3.8) is 0 Å². The average Bonchev–Trinajstić information content (AvgIpc) is 2.94. The van der Waals surface area contributed by atoms with Crippen LogP contribution >= 0.6 is 0 Å². The van der Waals surface area contributed by atoms with Gasteiger partial charge in [0.05, 0.1) is 0 Å². The van der Waals surface area contributed by atoms with E-state index in [0.29, 0.717) is 25.5 Å². The minimum absolute atomic E-state index is 0.0652. The molecule has 0 aromatic heterocycles. The first-order chi connectivity index (χ1) is 12.1. The highest BCUT2D eigenvalue weighted by Crippen LogP contribution is 2.23. The molecule has 4 heteroatoms. The molecule has 2 unspecified atom stereocenters. The number of hydrogen-bond donors (Lipinski definition) is 1. The molecular weight excluding hydrogens is 314 g/mol. The molecule has 2 atom stereocenters. The normalized spacial score (nSPS) is 19.7. The molecule has 138 valence electrons. The fourth-order valence-electron chi connectivity index (χ4n) is 3.44. The monoisotopic (exact) mass is 345 g/mol. The zero-order valence-electron chi connectivity index (χ0n) is 15.6. The molecule has 0 spiro atoms. The number of hydrogen-bond acceptors (Lipinski definition) is 3. The van der Waals surface area contributed by atoms with Gasteiger partial charge in [-0.25, -0.2) is 0 Å². The van der Waals surface area contributed by atoms with Gasteiger partial charge in [0.15, 0.2) is 0 Å². The maximum atomic E-state index is 11.9. The summed E-state index contributed by atoms with van der Waals surface area (Å²) in [5.41, 5.74) is 2.33. The van der Waals surface area contributed by atoms with E-state index in [-0.39, 0.29) is 17.8 Å². The van der Waals surface area contributed by atoms with Crippen LogP contribution in [0.15, 0.2) is 24.3 Å². The van der Waals surface area contributed by atoms with Gasteiger partial charge in [-0.15, -0.1) is 0 Å². The molecule has 1 amide bonds. The summed E-state index contributed by atoms with van der Waals surface area (Å²) in [4.78, 5) is 23.8. The highest BCUT2D eigenvalue weighted by molar-refractivity contribution is 5.81. The second-order valence-electron chi connectivity index (χ2n) is 7.05. The molecule has 1 N–H and O–H groups in total. The molecule has 0 aliphatic carbocycles. The Kier molecular flexibility index (Phi) is 7.96. The van der Waals surface area contributed by atoms with Crippen molar-refractivity contribution in [2.45, 2.75) is 77.9 Å². The van der Waals surface area contributed by atoms with Gasteiger partial charge >= 0.3 is 5.97 Å². The van der Waals surface area contributed by atoms with Gasteiger partial charge in [0.2, 0.25) is 5.91 Å². The van der Waals surface area contributed by atoms with Crippen molar-refractivity contribution in [1.29, 1.82) is 0 Å². The number of ether oxygens (including phenoxy) is 1. The first-order valence-corrected chi connectivity index (χ1v) is 9.66. The standard InChI is InChI=1S/C21H31NO3/c1-3-6-16-10-12-17(13-11-16)15-25-20(23)9-5-8-18-14-19(7-4-2)22-21(18)24/h10-13,18-19H,3-9,14-15H2,1-2H3,(H,22,24). The summed E-state index contributed by atoms with van der Waals surface area (Å²) >= 11 is 0. The van der Waals surface area contributed by atoms with Crippen LogP contribution in [-0.2, 0) is 27.4 Å². The van der Waals surface area contributed by atoms with Crippen LogP contribution in [0, 0.1) is 5.92 Å². The summed E-state index contributed by atoms with van der Waals surface area (Å²) in [6, 6.07) is 8.56. The Labute approximate surface area is 151 Å². The highest BCUT2D eigenvalue weighted by atomic mass is 16.5. The van der Waals surface area contributed by atoms with E-state index < -0.39 is 0 Å². The lowest BCUT2D eigenvalue weighted by atomic mass is 9.97. The predicted octanol–water partition coefficient (Wildman–Crippen LogP) is 4.16. The molecule has 4 nitrogen and oxygen atoms in total. The molecule has 0 saturated carbocycles. The third-order valence-electron chi connectivity index (χ3n) is 4.82. The van der Waals surface area contributed by atoms with Crippen molar-refractivity contribution >= 4 is 11.9 Å². The summed E-state index contributed by atoms with van der Waals surface area (Å²) in [5.74, 6) is 0.0376. The number of esters is 1. The number of benzene rings is 1. The van der Waals surface area contributed by atoms with E-state index in [9.17, 15) is 9.59 Å². The quantitative estimate of drug-likeness (QED) is 0.648. The second kappa shape index (κ2) is 10.2. The van der Waals surface area contributed by atoms with Crippen LogP contribution in [0.25, 0.3) is 0 Å². The highest BCUT2D eigenvalue weighted by Gasteiger charge is 2.30. The fraction of sp³-hybridized carbons (Fsp3) is 0.619. The Morgan fingerprint density at radius 2 is 1.84 bits per heavy atom. The maximum absolute atomic E-state index is 11.9. The third kappa shape index (κ3) is 6.52. The number of rotatable bonds is 10. The lowest BCUT2D eigenvalue weighted by molar-refractivity contribution is -0.145. The summed E-state index contributed by atoms with van der Waals surface area (Å²) < 4.78 is 5.34. The molecule has 1 saturated heterocycles. The summed E-state index contributed by atoms with van der Waals surface area (Å²) in [6.07, 6.45) is 7.12. The van der Waals surface area contributed by atoms with Crippen LogP contribution in [0.1, 0.15) is 69.9 Å². The molecule has 1 aliphatic heterocycles. The van der Waals surface area contributed by atoms with Gasteiger partial charge in [-0.05, 0) is 43.2 Å². The van der Waals surface area contributed by atoms with Crippen molar-refractivity contribution in [3.8, 4) is 0 Å². The Morgan fingerprint density at radius 1 is 1.12 bits per heavy atom. The second-order valence-corrected chi connectivity index (χ2v) is 7.05. The topological polar surface area (TPSA) is 55.4 Å². The van der Waals surface area contributed by atoms with E-state index in [1.54, 1.807) is 0 Å². The van der Waals surface area contributed by atoms with E-state index in [1.165, 1.54) is 5.56 Å². The van der Waals surface area contributed by atoms with Crippen LogP contribution in [0.4, 0.5) is 0 Å². The van der Waals surface area contributed by atoms with Gasteiger partial charge in [0.25, 0.3) is 0 Å². The van der Waals surface area contributed by atoms with Crippen molar-refractivity contribution < 1.29 is 14.3 Å². The van der Waals surface area contributed by atoms with E-state index in [4.69, 9.17) is 4.74 Å². The summed E-state index contributed by atoms with van der Waals surface area (Å²) in [5, 5.41) is 3.05. The van der Waals surface area contributed by atoms with Crippen molar-refractivity contribution in [2.75, 3.05) is 0 Å². The molecule has 1 fully saturated rings. The Bertz CT molecular complexity index is 553. The largest absolute Gasteiger partial charge is 0.461 e. The van der Waals surface area contributed by atoms with Crippen LogP contribution in [0.2, 0.25) is 0 Å². The summed E-state index contributed by atoms with van der Waals surface area (Å²) in [6.45, 7) is 4.62. The Hall–Kier alpha value is -1.84. The lowest BCUT2D eigenvalue weighted by Crippen LogP contribution is -2.26. The van der Waals surface area contributed by atoms with Gasteiger partial charge in [0, 0.05) is 18.4 Å². The molecule has 0 bridgehead atoms. The van der Waals surface area contributed by atoms with Crippen LogP contribution in [0.3, 0.4) is 0 Å². The van der Waals surface area contributed by atoms with E-state index in [1.807, 2.05) is 12.1 Å². The Morgan fingerprint density at radius 3 is 2.52 bits per heavy atom. The lowest BCUT2D eigenvalue weighted by Gasteiger charge is -2.08. The van der Waals surface area contributed by atoms with Crippen LogP contribution < -0.4 is 5.32 Å². The SMILES string of the molecule is CCCc1ccc(COC(=O)CCCC2CC(CCC)NC2=O)cc1. The molecule has 25 heavy (non-hydrogen) atoms. The van der Waals surface area contributed by atoms with Gasteiger partial charge in [-0.3, -0.25) is 9.59 Å². The van der Waals surface area contributed by atoms with Crippen molar-refractivity contribution in [2.24, 2.45) is 5.92 Å². The number of carbonyl (C=O) groups is 2. The van der Waals surface area contributed by atoms with Crippen LogP contribution in [-0.4, -0.2) is 17.9 Å². The molecule has 2 rings (SSSR count). The Balaban J connectivity index is 1.63. The molecular formula is C21H31NO3. The number of amides is 1. The predicted molar refractivity (Wildman–Crippen MR) is 99.0 cm³/mol. The van der Waals surface area contributed by atoms with Gasteiger partial charge in [-0.2, -0.15) is 0 Å². The van der Waals surface area contributed by atoms with Crippen LogP contribution in [0.5, 0.6) is 0 Å². The van der Waals surface area contributed by atoms with Gasteiger partial charge in [0.1, 0.15) is 6.61 Å². The maximum Gasteiger partial charge on any atom is 0.306 e. The van der Waals surface area contributed by atoms with Crippen molar-refractivity contribution in [1.82, 2.24) is 5.32 Å². The molecule has 1 heterocycles. The number of carbonyl (C=O) groups excluding carboxylic acids is 2. The molecule has 1 aromatic rings. The molecule has 1 aliphatic rings. The van der Waals surface area contributed by atoms with Crippen molar-refractivity contribution in [3.05, 3.63) is 35.4 Å². The first-order valence-electron chi connectivity index (χ1n) is 9.66. The smallest absolute Gasteiger partial charge is 0.306 e.